The summed E-state index contributed by atoms with van der Waals surface area (Å²) in [6.45, 7) is 2.18. The van der Waals surface area contributed by atoms with Crippen LogP contribution in [-0.2, 0) is 0 Å². The van der Waals surface area contributed by atoms with Crippen molar-refractivity contribution in [3.63, 3.8) is 0 Å². The molecule has 7 aromatic carbocycles. The van der Waals surface area contributed by atoms with E-state index in [4.69, 9.17) is 9.97 Å². The molecular weight excluding hydrogens is 619 g/mol. The molecule has 2 aromatic heterocycles. The Morgan fingerprint density at radius 1 is 0.431 bits per heavy atom. The first kappa shape index (κ1) is 29.3. The lowest BCUT2D eigenvalue weighted by atomic mass is 9.88. The van der Waals surface area contributed by atoms with Crippen LogP contribution in [0, 0.1) is 6.92 Å². The van der Waals surface area contributed by atoms with Crippen molar-refractivity contribution >= 4 is 21.8 Å². The molecule has 240 valence electrons. The van der Waals surface area contributed by atoms with Gasteiger partial charge in [-0.15, -0.1) is 0 Å². The SMILES string of the molecule is Cc1cccc(C2c3ccccc3-c3cc(-c4ccc5c(c4)c4ccccc4n5-c4nc(-c5ccccc5)cc(-c5ccccc5)n4)ccc32)c1. The van der Waals surface area contributed by atoms with Crippen molar-refractivity contribution in [3.8, 4) is 50.7 Å². The zero-order valence-electron chi connectivity index (χ0n) is 28.2. The maximum Gasteiger partial charge on any atom is 0.235 e. The maximum atomic E-state index is 5.20. The third kappa shape index (κ3) is 4.89. The number of hydrogen-bond acceptors (Lipinski definition) is 2. The van der Waals surface area contributed by atoms with Crippen molar-refractivity contribution in [3.05, 3.63) is 198 Å². The zero-order chi connectivity index (χ0) is 33.9. The fraction of sp³-hybridized carbons (Fsp3) is 0.0417. The predicted octanol–water partition coefficient (Wildman–Crippen LogP) is 12.0. The molecule has 0 saturated heterocycles. The lowest BCUT2D eigenvalue weighted by Crippen LogP contribution is -2.04. The molecule has 1 aliphatic carbocycles. The number of aromatic nitrogens is 3. The summed E-state index contributed by atoms with van der Waals surface area (Å²) in [6.07, 6.45) is 0. The fourth-order valence-electron chi connectivity index (χ4n) is 8.01. The van der Waals surface area contributed by atoms with Crippen LogP contribution < -0.4 is 0 Å². The van der Waals surface area contributed by atoms with Crippen LogP contribution in [-0.4, -0.2) is 14.5 Å². The van der Waals surface area contributed by atoms with Gasteiger partial charge in [0.05, 0.1) is 22.4 Å². The first-order chi connectivity index (χ1) is 25.2. The summed E-state index contributed by atoms with van der Waals surface area (Å²) >= 11 is 0. The molecule has 10 rings (SSSR count). The molecule has 0 aliphatic heterocycles. The number of para-hydroxylation sites is 1. The number of hydrogen-bond donors (Lipinski definition) is 0. The van der Waals surface area contributed by atoms with Gasteiger partial charge < -0.3 is 0 Å². The van der Waals surface area contributed by atoms with Crippen molar-refractivity contribution in [1.29, 1.82) is 0 Å². The Labute approximate surface area is 297 Å². The van der Waals surface area contributed by atoms with Gasteiger partial charge in [0.25, 0.3) is 0 Å². The molecule has 1 atom stereocenters. The second-order valence-electron chi connectivity index (χ2n) is 13.5. The average molecular weight is 652 g/mol. The van der Waals surface area contributed by atoms with E-state index in [1.165, 1.54) is 55.3 Å². The van der Waals surface area contributed by atoms with Gasteiger partial charge in [0.2, 0.25) is 5.95 Å². The van der Waals surface area contributed by atoms with Crippen LogP contribution in [0.3, 0.4) is 0 Å². The van der Waals surface area contributed by atoms with E-state index in [1.807, 2.05) is 12.1 Å². The van der Waals surface area contributed by atoms with Crippen LogP contribution in [0.5, 0.6) is 0 Å². The summed E-state index contributed by atoms with van der Waals surface area (Å²) in [5.74, 6) is 0.892. The van der Waals surface area contributed by atoms with Gasteiger partial charge in [-0.2, -0.15) is 0 Å². The van der Waals surface area contributed by atoms with Crippen LogP contribution in [0.1, 0.15) is 28.2 Å². The first-order valence-electron chi connectivity index (χ1n) is 17.5. The van der Waals surface area contributed by atoms with Gasteiger partial charge in [0, 0.05) is 27.8 Å². The van der Waals surface area contributed by atoms with Gasteiger partial charge in [-0.3, -0.25) is 4.57 Å². The fourth-order valence-corrected chi connectivity index (χ4v) is 8.01. The minimum Gasteiger partial charge on any atom is -0.278 e. The molecule has 0 amide bonds. The molecule has 0 radical (unpaired) electrons. The van der Waals surface area contributed by atoms with E-state index in [1.54, 1.807) is 0 Å². The molecule has 0 saturated carbocycles. The van der Waals surface area contributed by atoms with Crippen LogP contribution in [0.25, 0.3) is 72.5 Å². The molecule has 0 fully saturated rings. The Kier molecular flexibility index (Phi) is 6.78. The third-order valence-corrected chi connectivity index (χ3v) is 10.4. The van der Waals surface area contributed by atoms with E-state index in [0.717, 1.165) is 33.5 Å². The Hall–Kier alpha value is -6.58. The molecule has 0 bridgehead atoms. The molecule has 0 N–H and O–H groups in total. The lowest BCUT2D eigenvalue weighted by molar-refractivity contribution is 0.995. The Morgan fingerprint density at radius 2 is 1.06 bits per heavy atom. The molecule has 2 heterocycles. The average Bonchev–Trinajstić information content (AvgIpc) is 3.71. The van der Waals surface area contributed by atoms with Gasteiger partial charge in [0.15, 0.2) is 0 Å². The van der Waals surface area contributed by atoms with E-state index in [2.05, 4.69) is 175 Å². The van der Waals surface area contributed by atoms with Crippen LogP contribution in [0.15, 0.2) is 176 Å². The maximum absolute atomic E-state index is 5.20. The van der Waals surface area contributed by atoms with Gasteiger partial charge in [-0.05, 0) is 76.2 Å². The van der Waals surface area contributed by atoms with Gasteiger partial charge in [0.1, 0.15) is 0 Å². The summed E-state index contributed by atoms with van der Waals surface area (Å²) in [6, 6.07) is 63.1. The van der Waals surface area contributed by atoms with Gasteiger partial charge >= 0.3 is 0 Å². The van der Waals surface area contributed by atoms with Crippen molar-refractivity contribution < 1.29 is 0 Å². The Morgan fingerprint density at radius 3 is 1.82 bits per heavy atom. The topological polar surface area (TPSA) is 30.7 Å². The number of nitrogens with zero attached hydrogens (tertiary/aromatic N) is 3. The number of aryl methyl sites for hydroxylation is 1. The number of fused-ring (bicyclic) bond motifs is 6. The Balaban J connectivity index is 1.14. The summed E-state index contributed by atoms with van der Waals surface area (Å²) in [7, 11) is 0. The van der Waals surface area contributed by atoms with Gasteiger partial charge in [-0.25, -0.2) is 9.97 Å². The van der Waals surface area contributed by atoms with Gasteiger partial charge in [-0.1, -0.05) is 151 Å². The zero-order valence-corrected chi connectivity index (χ0v) is 28.2. The molecule has 3 heteroatoms. The van der Waals surface area contributed by atoms with Crippen molar-refractivity contribution in [2.24, 2.45) is 0 Å². The summed E-state index contributed by atoms with van der Waals surface area (Å²) in [5, 5.41) is 2.35. The van der Waals surface area contributed by atoms with Crippen LogP contribution in [0.2, 0.25) is 0 Å². The van der Waals surface area contributed by atoms with E-state index in [-0.39, 0.29) is 5.92 Å². The highest BCUT2D eigenvalue weighted by Gasteiger charge is 2.30. The molecular formula is C48H33N3. The van der Waals surface area contributed by atoms with E-state index in [9.17, 15) is 0 Å². The van der Waals surface area contributed by atoms with Crippen molar-refractivity contribution in [2.45, 2.75) is 12.8 Å². The second kappa shape index (κ2) is 11.8. The third-order valence-electron chi connectivity index (χ3n) is 10.4. The summed E-state index contributed by atoms with van der Waals surface area (Å²) in [4.78, 5) is 10.4. The normalized spacial score (nSPS) is 13.4. The standard InChI is InChI=1S/C48H33N3/c1-31-13-12-18-36(27-31)47-39-21-9-8-19-37(39)41-28-34(23-25-40(41)47)35-24-26-46-42(29-35)38-20-10-11-22-45(38)51(46)48-49-43(32-14-4-2-5-15-32)30-44(50-48)33-16-6-3-7-17-33/h2-30,47H,1H3. The van der Waals surface area contributed by atoms with Crippen molar-refractivity contribution in [2.75, 3.05) is 0 Å². The number of rotatable bonds is 5. The molecule has 9 aromatic rings. The highest BCUT2D eigenvalue weighted by molar-refractivity contribution is 6.10. The molecule has 1 unspecified atom stereocenters. The minimum absolute atomic E-state index is 0.234. The number of benzene rings is 7. The molecule has 0 spiro atoms. The molecule has 3 nitrogen and oxygen atoms in total. The lowest BCUT2D eigenvalue weighted by Gasteiger charge is -2.15. The second-order valence-corrected chi connectivity index (χ2v) is 13.5. The Bertz CT molecular complexity index is 2700. The summed E-state index contributed by atoms with van der Waals surface area (Å²) in [5.41, 5.74) is 16.5. The largest absolute Gasteiger partial charge is 0.278 e. The predicted molar refractivity (Wildman–Crippen MR) is 210 cm³/mol. The van der Waals surface area contributed by atoms with E-state index in [0.29, 0.717) is 5.95 Å². The molecule has 51 heavy (non-hydrogen) atoms. The molecule has 1 aliphatic rings. The quantitative estimate of drug-likeness (QED) is 0.185. The van der Waals surface area contributed by atoms with Crippen LogP contribution >= 0.6 is 0 Å². The monoisotopic (exact) mass is 651 g/mol. The highest BCUT2D eigenvalue weighted by Crippen LogP contribution is 2.49. The van der Waals surface area contributed by atoms with Crippen molar-refractivity contribution in [1.82, 2.24) is 14.5 Å². The first-order valence-corrected chi connectivity index (χ1v) is 17.5. The highest BCUT2D eigenvalue weighted by atomic mass is 15.2. The van der Waals surface area contributed by atoms with Crippen LogP contribution in [0.4, 0.5) is 0 Å². The smallest absolute Gasteiger partial charge is 0.235 e. The van der Waals surface area contributed by atoms with E-state index >= 15 is 0 Å². The van der Waals surface area contributed by atoms with E-state index < -0.39 is 0 Å². The summed E-state index contributed by atoms with van der Waals surface area (Å²) < 4.78 is 2.22. The minimum atomic E-state index is 0.234.